The highest BCUT2D eigenvalue weighted by atomic mass is 35.5. The van der Waals surface area contributed by atoms with Crippen LogP contribution in [0, 0.1) is 0 Å². The lowest BCUT2D eigenvalue weighted by Gasteiger charge is -1.95. The van der Waals surface area contributed by atoms with Gasteiger partial charge in [0.1, 0.15) is 0 Å². The largest absolute Gasteiger partial charge is 0.288 e. The number of hydrogen-bond donors (Lipinski definition) is 1. The summed E-state index contributed by atoms with van der Waals surface area (Å²) >= 11 is 3.68. The Bertz CT molecular complexity index is 96.1. The van der Waals surface area contributed by atoms with Crippen LogP contribution in [0.25, 0.3) is 0 Å². The molecule has 0 atom stereocenters. The first-order valence-electron chi connectivity index (χ1n) is 3.99. The molecule has 68 valence electrons. The number of halogens is 1. The molecule has 3 heteroatoms. The van der Waals surface area contributed by atoms with Crippen LogP contribution in [0.15, 0.2) is 0 Å². The molecule has 0 aliphatic carbocycles. The molecule has 0 amide bonds. The zero-order valence-corrected chi connectivity index (χ0v) is 8.72. The van der Waals surface area contributed by atoms with Gasteiger partial charge in [0.25, 0.3) is 0 Å². The summed E-state index contributed by atoms with van der Waals surface area (Å²) in [5.74, 6) is 0. The number of carbonyl (C=O) groups is 1. The SMILES string of the molecule is CCCCCCCC(=O)S.Cl. The predicted octanol–water partition coefficient (Wildman–Crippen LogP) is 3.23. The van der Waals surface area contributed by atoms with Gasteiger partial charge >= 0.3 is 0 Å². The zero-order chi connectivity index (χ0) is 7.82. The van der Waals surface area contributed by atoms with E-state index in [4.69, 9.17) is 0 Å². The fraction of sp³-hybridized carbons (Fsp3) is 0.875. The maximum atomic E-state index is 10.3. The first-order chi connectivity index (χ1) is 4.77. The van der Waals surface area contributed by atoms with Crippen LogP contribution in [-0.2, 0) is 4.79 Å². The summed E-state index contributed by atoms with van der Waals surface area (Å²) in [6.45, 7) is 2.18. The van der Waals surface area contributed by atoms with E-state index >= 15 is 0 Å². The molecule has 0 spiro atoms. The Kier molecular flexibility index (Phi) is 13.0. The molecule has 0 fully saturated rings. The summed E-state index contributed by atoms with van der Waals surface area (Å²) in [5, 5.41) is 0.0245. The fourth-order valence-corrected chi connectivity index (χ4v) is 1.04. The minimum atomic E-state index is 0. The standard InChI is InChI=1S/C8H16OS.ClH/c1-2-3-4-5-6-7-8(9)10;/h2-7H2,1H3,(H,9,10);1H. The van der Waals surface area contributed by atoms with Gasteiger partial charge in [0.15, 0.2) is 5.12 Å². The van der Waals surface area contributed by atoms with E-state index in [0.717, 1.165) is 6.42 Å². The van der Waals surface area contributed by atoms with E-state index in [-0.39, 0.29) is 17.5 Å². The van der Waals surface area contributed by atoms with Gasteiger partial charge in [-0.25, -0.2) is 0 Å². The van der Waals surface area contributed by atoms with E-state index < -0.39 is 0 Å². The average molecular weight is 197 g/mol. The highest BCUT2D eigenvalue weighted by Gasteiger charge is 1.93. The lowest BCUT2D eigenvalue weighted by molar-refractivity contribution is -0.110. The van der Waals surface area contributed by atoms with Gasteiger partial charge in [-0.05, 0) is 6.42 Å². The lowest BCUT2D eigenvalue weighted by atomic mass is 10.1. The summed E-state index contributed by atoms with van der Waals surface area (Å²) in [6, 6.07) is 0. The summed E-state index contributed by atoms with van der Waals surface area (Å²) < 4.78 is 0. The second kappa shape index (κ2) is 10.3. The van der Waals surface area contributed by atoms with Crippen molar-refractivity contribution in [3.8, 4) is 0 Å². The molecule has 0 unspecified atom stereocenters. The number of unbranched alkanes of at least 4 members (excludes halogenated alkanes) is 4. The van der Waals surface area contributed by atoms with Gasteiger partial charge in [0, 0.05) is 6.42 Å². The molecule has 11 heavy (non-hydrogen) atoms. The molecular formula is C8H17ClOS. The van der Waals surface area contributed by atoms with Crippen LogP contribution in [-0.4, -0.2) is 5.12 Å². The molecule has 0 aromatic rings. The van der Waals surface area contributed by atoms with Gasteiger partial charge in [-0.3, -0.25) is 4.79 Å². The van der Waals surface area contributed by atoms with Gasteiger partial charge in [0.2, 0.25) is 0 Å². The van der Waals surface area contributed by atoms with Gasteiger partial charge in [-0.15, -0.1) is 25.0 Å². The van der Waals surface area contributed by atoms with E-state index in [0.29, 0.717) is 6.42 Å². The van der Waals surface area contributed by atoms with Crippen molar-refractivity contribution in [3.05, 3.63) is 0 Å². The van der Waals surface area contributed by atoms with Gasteiger partial charge in [-0.2, -0.15) is 0 Å². The lowest BCUT2D eigenvalue weighted by Crippen LogP contribution is -1.85. The van der Waals surface area contributed by atoms with Crippen LogP contribution >= 0.6 is 25.0 Å². The van der Waals surface area contributed by atoms with E-state index in [1.54, 1.807) is 0 Å². The first-order valence-corrected chi connectivity index (χ1v) is 4.44. The van der Waals surface area contributed by atoms with Crippen molar-refractivity contribution in [1.29, 1.82) is 0 Å². The fourth-order valence-electron chi connectivity index (χ4n) is 0.880. The summed E-state index contributed by atoms with van der Waals surface area (Å²) in [7, 11) is 0. The van der Waals surface area contributed by atoms with Crippen LogP contribution in [0.4, 0.5) is 0 Å². The summed E-state index contributed by atoms with van der Waals surface area (Å²) in [6.07, 6.45) is 6.66. The molecule has 0 radical (unpaired) electrons. The van der Waals surface area contributed by atoms with Crippen LogP contribution in [0.3, 0.4) is 0 Å². The highest BCUT2D eigenvalue weighted by Crippen LogP contribution is 2.05. The van der Waals surface area contributed by atoms with E-state index in [1.165, 1.54) is 25.7 Å². The molecule has 0 aliphatic rings. The maximum absolute atomic E-state index is 10.3. The molecule has 0 heterocycles. The Balaban J connectivity index is 0. The normalized spacial score (nSPS) is 8.91. The van der Waals surface area contributed by atoms with Crippen molar-refractivity contribution in [1.82, 2.24) is 0 Å². The Morgan fingerprint density at radius 1 is 1.18 bits per heavy atom. The van der Waals surface area contributed by atoms with Gasteiger partial charge in [-0.1, -0.05) is 32.6 Å². The Morgan fingerprint density at radius 3 is 2.18 bits per heavy atom. The number of carbonyl (C=O) groups excluding carboxylic acids is 1. The molecule has 0 rings (SSSR count). The van der Waals surface area contributed by atoms with Crippen molar-refractivity contribution < 1.29 is 4.79 Å². The average Bonchev–Trinajstić information content (AvgIpc) is 1.87. The van der Waals surface area contributed by atoms with Crippen LogP contribution in [0.5, 0.6) is 0 Å². The van der Waals surface area contributed by atoms with Crippen LogP contribution in [0.2, 0.25) is 0 Å². The quantitative estimate of drug-likeness (QED) is 0.510. The third kappa shape index (κ3) is 13.3. The number of hydrogen-bond acceptors (Lipinski definition) is 1. The summed E-state index contributed by atoms with van der Waals surface area (Å²) in [5.41, 5.74) is 0. The molecule has 1 nitrogen and oxygen atoms in total. The molecule has 0 saturated heterocycles. The zero-order valence-electron chi connectivity index (χ0n) is 7.01. The van der Waals surface area contributed by atoms with E-state index in [9.17, 15) is 4.79 Å². The molecule has 0 bridgehead atoms. The molecule has 0 aliphatic heterocycles. The molecule has 0 aromatic heterocycles. The minimum absolute atomic E-state index is 0. The Labute approximate surface area is 80.8 Å². The molecule has 0 N–H and O–H groups in total. The van der Waals surface area contributed by atoms with E-state index in [1.807, 2.05) is 0 Å². The monoisotopic (exact) mass is 196 g/mol. The number of thiol groups is 1. The van der Waals surface area contributed by atoms with Crippen LogP contribution in [0.1, 0.15) is 45.4 Å². The number of rotatable bonds is 6. The Morgan fingerprint density at radius 2 is 1.73 bits per heavy atom. The van der Waals surface area contributed by atoms with E-state index in [2.05, 4.69) is 19.6 Å². The molecular weight excluding hydrogens is 180 g/mol. The van der Waals surface area contributed by atoms with Crippen molar-refractivity contribution in [2.24, 2.45) is 0 Å². The molecule has 0 saturated carbocycles. The third-order valence-electron chi connectivity index (χ3n) is 1.49. The van der Waals surface area contributed by atoms with Crippen molar-refractivity contribution in [3.63, 3.8) is 0 Å². The van der Waals surface area contributed by atoms with Crippen LogP contribution < -0.4 is 0 Å². The smallest absolute Gasteiger partial charge is 0.185 e. The minimum Gasteiger partial charge on any atom is -0.288 e. The highest BCUT2D eigenvalue weighted by molar-refractivity contribution is 7.96. The van der Waals surface area contributed by atoms with Gasteiger partial charge in [0.05, 0.1) is 0 Å². The summed E-state index contributed by atoms with van der Waals surface area (Å²) in [4.78, 5) is 10.3. The van der Waals surface area contributed by atoms with Gasteiger partial charge < -0.3 is 0 Å². The maximum Gasteiger partial charge on any atom is 0.185 e. The van der Waals surface area contributed by atoms with Crippen molar-refractivity contribution in [2.75, 3.05) is 0 Å². The van der Waals surface area contributed by atoms with Crippen molar-refractivity contribution in [2.45, 2.75) is 45.4 Å². The second-order valence-corrected chi connectivity index (χ2v) is 3.06. The predicted molar refractivity (Wildman–Crippen MR) is 54.6 cm³/mol. The topological polar surface area (TPSA) is 17.1 Å². The second-order valence-electron chi connectivity index (χ2n) is 2.56. The third-order valence-corrected chi connectivity index (χ3v) is 1.72. The Hall–Kier alpha value is 0.310. The molecule has 0 aromatic carbocycles. The van der Waals surface area contributed by atoms with Crippen molar-refractivity contribution >= 4 is 30.2 Å². The first kappa shape index (κ1) is 13.9.